The van der Waals surface area contributed by atoms with E-state index in [-0.39, 0.29) is 6.61 Å². The third kappa shape index (κ3) is 2.92. The number of aliphatic hydroxyl groups is 1. The Bertz CT molecular complexity index is 285. The van der Waals surface area contributed by atoms with Gasteiger partial charge < -0.3 is 9.84 Å². The largest absolute Gasteiger partial charge is 0.497 e. The van der Waals surface area contributed by atoms with Crippen molar-refractivity contribution >= 4 is 6.08 Å². The fourth-order valence-electron chi connectivity index (χ4n) is 1.03. The fraction of sp³-hybridized carbons (Fsp3) is 0.273. The standard InChI is InChI=1S/C11H14O2/c1-9(8-12)7-10-3-5-11(13-2)6-4-10/h3-7,12H,8H2,1-2H3. The zero-order valence-electron chi connectivity index (χ0n) is 7.95. The molecule has 0 aliphatic carbocycles. The average Bonchev–Trinajstić information content (AvgIpc) is 2.19. The van der Waals surface area contributed by atoms with Crippen LogP contribution < -0.4 is 4.74 Å². The summed E-state index contributed by atoms with van der Waals surface area (Å²) in [4.78, 5) is 0. The van der Waals surface area contributed by atoms with Gasteiger partial charge in [-0.3, -0.25) is 0 Å². The highest BCUT2D eigenvalue weighted by Crippen LogP contribution is 2.13. The minimum Gasteiger partial charge on any atom is -0.497 e. The van der Waals surface area contributed by atoms with Crippen LogP contribution in [0.1, 0.15) is 12.5 Å². The molecular weight excluding hydrogens is 164 g/mol. The number of ether oxygens (including phenoxy) is 1. The molecule has 0 aliphatic heterocycles. The Balaban J connectivity index is 2.80. The number of methoxy groups -OCH3 is 1. The minimum atomic E-state index is 0.103. The molecule has 1 N–H and O–H groups in total. The summed E-state index contributed by atoms with van der Waals surface area (Å²) in [6.45, 7) is 2.00. The fourth-order valence-corrected chi connectivity index (χ4v) is 1.03. The van der Waals surface area contributed by atoms with Crippen molar-refractivity contribution in [2.75, 3.05) is 13.7 Å². The second-order valence-corrected chi connectivity index (χ2v) is 2.92. The molecule has 0 unspecified atom stereocenters. The highest BCUT2D eigenvalue weighted by molar-refractivity contribution is 5.53. The highest BCUT2D eigenvalue weighted by Gasteiger charge is 1.91. The summed E-state index contributed by atoms with van der Waals surface area (Å²) >= 11 is 0. The van der Waals surface area contributed by atoms with Crippen LogP contribution in [0, 0.1) is 0 Å². The van der Waals surface area contributed by atoms with Crippen LogP contribution in [0.4, 0.5) is 0 Å². The summed E-state index contributed by atoms with van der Waals surface area (Å²) < 4.78 is 5.03. The highest BCUT2D eigenvalue weighted by atomic mass is 16.5. The maximum atomic E-state index is 8.80. The molecule has 0 saturated carbocycles. The van der Waals surface area contributed by atoms with Gasteiger partial charge in [-0.2, -0.15) is 0 Å². The van der Waals surface area contributed by atoms with Gasteiger partial charge in [-0.15, -0.1) is 0 Å². The molecule has 70 valence electrons. The first-order valence-electron chi connectivity index (χ1n) is 4.18. The van der Waals surface area contributed by atoms with Crippen molar-refractivity contribution in [1.29, 1.82) is 0 Å². The van der Waals surface area contributed by atoms with E-state index in [4.69, 9.17) is 9.84 Å². The molecule has 0 amide bonds. The monoisotopic (exact) mass is 178 g/mol. The van der Waals surface area contributed by atoms with Gasteiger partial charge >= 0.3 is 0 Å². The molecular formula is C11H14O2. The van der Waals surface area contributed by atoms with Crippen molar-refractivity contribution in [2.45, 2.75) is 6.92 Å². The summed E-state index contributed by atoms with van der Waals surface area (Å²) in [7, 11) is 1.64. The van der Waals surface area contributed by atoms with Crippen LogP contribution >= 0.6 is 0 Å². The van der Waals surface area contributed by atoms with Gasteiger partial charge in [0.25, 0.3) is 0 Å². The molecule has 1 aromatic rings. The molecule has 0 heterocycles. The smallest absolute Gasteiger partial charge is 0.118 e. The van der Waals surface area contributed by atoms with Crippen LogP contribution in [0.15, 0.2) is 29.8 Å². The molecule has 0 radical (unpaired) electrons. The van der Waals surface area contributed by atoms with Gasteiger partial charge in [0.1, 0.15) is 5.75 Å². The number of rotatable bonds is 3. The third-order valence-corrected chi connectivity index (χ3v) is 1.78. The lowest BCUT2D eigenvalue weighted by molar-refractivity contribution is 0.332. The maximum Gasteiger partial charge on any atom is 0.118 e. The molecule has 0 bridgehead atoms. The molecule has 1 aromatic carbocycles. The van der Waals surface area contributed by atoms with E-state index in [9.17, 15) is 0 Å². The van der Waals surface area contributed by atoms with E-state index in [1.165, 1.54) is 0 Å². The summed E-state index contributed by atoms with van der Waals surface area (Å²) in [5.41, 5.74) is 2.03. The van der Waals surface area contributed by atoms with Crippen LogP contribution in [-0.4, -0.2) is 18.8 Å². The molecule has 0 aliphatic rings. The van der Waals surface area contributed by atoms with Crippen LogP contribution in [-0.2, 0) is 0 Å². The summed E-state index contributed by atoms with van der Waals surface area (Å²) in [5, 5.41) is 8.80. The Hall–Kier alpha value is -1.28. The van der Waals surface area contributed by atoms with Crippen molar-refractivity contribution in [3.05, 3.63) is 35.4 Å². The van der Waals surface area contributed by atoms with Gasteiger partial charge in [0.05, 0.1) is 13.7 Å². The third-order valence-electron chi connectivity index (χ3n) is 1.78. The predicted octanol–water partition coefficient (Wildman–Crippen LogP) is 2.09. The molecule has 0 aromatic heterocycles. The number of hydrogen-bond acceptors (Lipinski definition) is 2. The van der Waals surface area contributed by atoms with Gasteiger partial charge in [0.2, 0.25) is 0 Å². The van der Waals surface area contributed by atoms with Crippen molar-refractivity contribution in [3.63, 3.8) is 0 Å². The number of benzene rings is 1. The maximum absolute atomic E-state index is 8.80. The number of aliphatic hydroxyl groups excluding tert-OH is 1. The van der Waals surface area contributed by atoms with E-state index in [2.05, 4.69) is 0 Å². The lowest BCUT2D eigenvalue weighted by Gasteiger charge is -2.00. The summed E-state index contributed by atoms with van der Waals surface area (Å²) in [6, 6.07) is 7.71. The van der Waals surface area contributed by atoms with E-state index >= 15 is 0 Å². The normalized spacial score (nSPS) is 11.5. The molecule has 0 spiro atoms. The first-order valence-corrected chi connectivity index (χ1v) is 4.18. The zero-order valence-corrected chi connectivity index (χ0v) is 7.95. The molecule has 13 heavy (non-hydrogen) atoms. The predicted molar refractivity (Wildman–Crippen MR) is 53.7 cm³/mol. The molecule has 0 saturated heterocycles. The Morgan fingerprint density at radius 3 is 2.46 bits per heavy atom. The topological polar surface area (TPSA) is 29.5 Å². The van der Waals surface area contributed by atoms with Gasteiger partial charge in [-0.05, 0) is 30.2 Å². The van der Waals surface area contributed by atoms with Crippen LogP contribution in [0.3, 0.4) is 0 Å². The lowest BCUT2D eigenvalue weighted by Crippen LogP contribution is -1.85. The van der Waals surface area contributed by atoms with Crippen molar-refractivity contribution in [1.82, 2.24) is 0 Å². The molecule has 2 heteroatoms. The van der Waals surface area contributed by atoms with Crippen molar-refractivity contribution in [2.24, 2.45) is 0 Å². The Kier molecular flexibility index (Phi) is 3.53. The van der Waals surface area contributed by atoms with Crippen LogP contribution in [0.25, 0.3) is 6.08 Å². The van der Waals surface area contributed by atoms with Gasteiger partial charge in [0, 0.05) is 0 Å². The van der Waals surface area contributed by atoms with Gasteiger partial charge in [-0.1, -0.05) is 18.2 Å². The summed E-state index contributed by atoms with van der Waals surface area (Å²) in [6.07, 6.45) is 1.94. The lowest BCUT2D eigenvalue weighted by atomic mass is 10.1. The summed E-state index contributed by atoms with van der Waals surface area (Å²) in [5.74, 6) is 0.846. The first-order chi connectivity index (χ1) is 6.26. The van der Waals surface area contributed by atoms with E-state index in [1.54, 1.807) is 7.11 Å². The van der Waals surface area contributed by atoms with Crippen molar-refractivity contribution in [3.8, 4) is 5.75 Å². The van der Waals surface area contributed by atoms with E-state index in [1.807, 2.05) is 37.3 Å². The Morgan fingerprint density at radius 2 is 2.00 bits per heavy atom. The SMILES string of the molecule is COc1ccc(C=C(C)CO)cc1. The van der Waals surface area contributed by atoms with Gasteiger partial charge in [-0.25, -0.2) is 0 Å². The van der Waals surface area contributed by atoms with Crippen LogP contribution in [0.2, 0.25) is 0 Å². The molecule has 2 nitrogen and oxygen atoms in total. The quantitative estimate of drug-likeness (QED) is 0.768. The van der Waals surface area contributed by atoms with Gasteiger partial charge in [0.15, 0.2) is 0 Å². The number of hydrogen-bond donors (Lipinski definition) is 1. The van der Waals surface area contributed by atoms with E-state index in [0.717, 1.165) is 16.9 Å². The second kappa shape index (κ2) is 4.67. The van der Waals surface area contributed by atoms with Crippen LogP contribution in [0.5, 0.6) is 5.75 Å². The van der Waals surface area contributed by atoms with E-state index < -0.39 is 0 Å². The average molecular weight is 178 g/mol. The van der Waals surface area contributed by atoms with E-state index in [0.29, 0.717) is 0 Å². The molecule has 0 atom stereocenters. The second-order valence-electron chi connectivity index (χ2n) is 2.92. The van der Waals surface area contributed by atoms with Crippen molar-refractivity contribution < 1.29 is 9.84 Å². The Labute approximate surface area is 78.5 Å². The molecule has 0 fully saturated rings. The minimum absolute atomic E-state index is 0.103. The first kappa shape index (κ1) is 9.81. The zero-order chi connectivity index (χ0) is 9.68. The molecule has 1 rings (SSSR count). The Morgan fingerprint density at radius 1 is 1.38 bits per heavy atom.